The molecule has 1 rings (SSSR count). The first-order valence-electron chi connectivity index (χ1n) is 3.36. The monoisotopic (exact) mass is 222 g/mol. The molecule has 0 heterocycles. The highest BCUT2D eigenvalue weighted by molar-refractivity contribution is 6.48. The van der Waals surface area contributed by atoms with Gasteiger partial charge in [-0.15, -0.1) is 0 Å². The molecular formula is C9H9Cl2FO. The Morgan fingerprint density at radius 3 is 2.38 bits per heavy atom. The van der Waals surface area contributed by atoms with Crippen LogP contribution in [0.25, 0.3) is 5.03 Å². The van der Waals surface area contributed by atoms with Gasteiger partial charge in [-0.3, -0.25) is 0 Å². The van der Waals surface area contributed by atoms with Gasteiger partial charge < -0.3 is 5.11 Å². The summed E-state index contributed by atoms with van der Waals surface area (Å²) in [6, 6.07) is 4.25. The molecule has 4 heteroatoms. The van der Waals surface area contributed by atoms with Crippen LogP contribution in [-0.2, 0) is 0 Å². The number of hydrogen-bond donors (Lipinski definition) is 1. The van der Waals surface area contributed by atoms with E-state index in [2.05, 4.69) is 6.58 Å². The maximum absolute atomic E-state index is 12.9. The Labute approximate surface area is 86.4 Å². The highest BCUT2D eigenvalue weighted by Crippen LogP contribution is 2.22. The van der Waals surface area contributed by atoms with Crippen LogP contribution in [0.1, 0.15) is 5.56 Å². The van der Waals surface area contributed by atoms with E-state index in [-0.39, 0.29) is 10.6 Å². The van der Waals surface area contributed by atoms with Gasteiger partial charge in [-0.1, -0.05) is 29.8 Å². The standard InChI is InChI=1S/C8H5Cl2F.CH4O/c1-5(9)7-3-2-6(10)4-8(7)11;1-2/h2-4H,1H2;2H,1H3. The lowest BCUT2D eigenvalue weighted by Gasteiger charge is -1.98. The van der Waals surface area contributed by atoms with Crippen molar-refractivity contribution < 1.29 is 9.50 Å². The van der Waals surface area contributed by atoms with Gasteiger partial charge in [0, 0.05) is 22.7 Å². The number of benzene rings is 1. The van der Waals surface area contributed by atoms with E-state index >= 15 is 0 Å². The smallest absolute Gasteiger partial charge is 0.133 e. The van der Waals surface area contributed by atoms with Crippen molar-refractivity contribution in [3.05, 3.63) is 41.2 Å². The van der Waals surface area contributed by atoms with Crippen molar-refractivity contribution in [3.8, 4) is 0 Å². The molecule has 0 unspecified atom stereocenters. The van der Waals surface area contributed by atoms with E-state index in [0.717, 1.165) is 7.11 Å². The summed E-state index contributed by atoms with van der Waals surface area (Å²) in [5.41, 5.74) is 0.288. The van der Waals surface area contributed by atoms with Gasteiger partial charge in [0.25, 0.3) is 0 Å². The van der Waals surface area contributed by atoms with Crippen LogP contribution in [-0.4, -0.2) is 12.2 Å². The molecule has 0 fully saturated rings. The fourth-order valence-electron chi connectivity index (χ4n) is 0.709. The molecule has 1 aromatic carbocycles. The molecule has 0 aromatic heterocycles. The van der Waals surface area contributed by atoms with Gasteiger partial charge in [0.15, 0.2) is 0 Å². The third-order valence-electron chi connectivity index (χ3n) is 1.22. The van der Waals surface area contributed by atoms with Crippen LogP contribution < -0.4 is 0 Å². The lowest BCUT2D eigenvalue weighted by atomic mass is 10.2. The molecule has 13 heavy (non-hydrogen) atoms. The minimum Gasteiger partial charge on any atom is -0.400 e. The number of aliphatic hydroxyl groups excluding tert-OH is 1. The first kappa shape index (κ1) is 12.4. The predicted molar refractivity (Wildman–Crippen MR) is 54.4 cm³/mol. The Balaban J connectivity index is 0.000000671. The van der Waals surface area contributed by atoms with Crippen molar-refractivity contribution in [2.24, 2.45) is 0 Å². The van der Waals surface area contributed by atoms with E-state index in [0.29, 0.717) is 5.02 Å². The minimum atomic E-state index is -0.447. The van der Waals surface area contributed by atoms with E-state index in [1.54, 1.807) is 6.07 Å². The lowest BCUT2D eigenvalue weighted by molar-refractivity contribution is 0.399. The van der Waals surface area contributed by atoms with Gasteiger partial charge >= 0.3 is 0 Å². The Morgan fingerprint density at radius 2 is 2.00 bits per heavy atom. The summed E-state index contributed by atoms with van der Waals surface area (Å²) in [5, 5.41) is 7.53. The molecule has 0 atom stereocenters. The van der Waals surface area contributed by atoms with Crippen LogP contribution >= 0.6 is 23.2 Å². The average Bonchev–Trinajstić information content (AvgIpc) is 2.07. The van der Waals surface area contributed by atoms with Gasteiger partial charge in [-0.2, -0.15) is 0 Å². The predicted octanol–water partition coefficient (Wildman–Crippen LogP) is 3.30. The van der Waals surface area contributed by atoms with E-state index in [1.165, 1.54) is 12.1 Å². The molecule has 0 radical (unpaired) electrons. The van der Waals surface area contributed by atoms with Crippen molar-refractivity contribution in [3.63, 3.8) is 0 Å². The molecular weight excluding hydrogens is 214 g/mol. The Kier molecular flexibility index (Phi) is 5.71. The summed E-state index contributed by atoms with van der Waals surface area (Å²) in [4.78, 5) is 0. The average molecular weight is 223 g/mol. The minimum absolute atomic E-state index is 0.180. The zero-order chi connectivity index (χ0) is 10.4. The molecule has 0 amide bonds. The normalized spacial score (nSPS) is 8.69. The van der Waals surface area contributed by atoms with Crippen molar-refractivity contribution in [1.82, 2.24) is 0 Å². The number of aliphatic hydroxyl groups is 1. The summed E-state index contributed by atoms with van der Waals surface area (Å²) in [6.07, 6.45) is 0. The van der Waals surface area contributed by atoms with Crippen LogP contribution in [0.4, 0.5) is 4.39 Å². The van der Waals surface area contributed by atoms with Gasteiger partial charge in [0.05, 0.1) is 0 Å². The second-order valence-electron chi connectivity index (χ2n) is 2.03. The first-order chi connectivity index (χ1) is 6.11. The van der Waals surface area contributed by atoms with Crippen LogP contribution in [0.5, 0.6) is 0 Å². The number of halogens is 3. The third-order valence-corrected chi connectivity index (χ3v) is 1.66. The summed E-state index contributed by atoms with van der Waals surface area (Å²) < 4.78 is 12.9. The largest absolute Gasteiger partial charge is 0.400 e. The topological polar surface area (TPSA) is 20.2 Å². The van der Waals surface area contributed by atoms with E-state index < -0.39 is 5.82 Å². The maximum atomic E-state index is 12.9. The molecule has 1 nitrogen and oxygen atoms in total. The molecule has 0 aliphatic rings. The van der Waals surface area contributed by atoms with Crippen molar-refractivity contribution in [1.29, 1.82) is 0 Å². The van der Waals surface area contributed by atoms with Crippen molar-refractivity contribution in [2.45, 2.75) is 0 Å². The van der Waals surface area contributed by atoms with Crippen LogP contribution in [0.3, 0.4) is 0 Å². The fourth-order valence-corrected chi connectivity index (χ4v) is 1.02. The van der Waals surface area contributed by atoms with Gasteiger partial charge in [0.1, 0.15) is 5.82 Å². The summed E-state index contributed by atoms with van der Waals surface area (Å²) in [6.45, 7) is 3.40. The van der Waals surface area contributed by atoms with Crippen molar-refractivity contribution >= 4 is 28.2 Å². The zero-order valence-electron chi connectivity index (χ0n) is 7.02. The Hall–Kier alpha value is -0.570. The van der Waals surface area contributed by atoms with E-state index in [1.807, 2.05) is 0 Å². The van der Waals surface area contributed by atoms with Crippen molar-refractivity contribution in [2.75, 3.05) is 7.11 Å². The number of hydrogen-bond acceptors (Lipinski definition) is 1. The summed E-state index contributed by atoms with van der Waals surface area (Å²) in [5.74, 6) is -0.447. The molecule has 0 spiro atoms. The fraction of sp³-hybridized carbons (Fsp3) is 0.111. The zero-order valence-corrected chi connectivity index (χ0v) is 8.53. The molecule has 0 saturated heterocycles. The van der Waals surface area contributed by atoms with Gasteiger partial charge in [0.2, 0.25) is 0 Å². The Morgan fingerprint density at radius 1 is 1.46 bits per heavy atom. The van der Waals surface area contributed by atoms with Crippen LogP contribution in [0.2, 0.25) is 5.02 Å². The highest BCUT2D eigenvalue weighted by atomic mass is 35.5. The lowest BCUT2D eigenvalue weighted by Crippen LogP contribution is -1.82. The molecule has 0 bridgehead atoms. The summed E-state index contributed by atoms with van der Waals surface area (Å²) in [7, 11) is 1.00. The highest BCUT2D eigenvalue weighted by Gasteiger charge is 2.03. The van der Waals surface area contributed by atoms with Crippen LogP contribution in [0.15, 0.2) is 24.8 Å². The first-order valence-corrected chi connectivity index (χ1v) is 4.11. The molecule has 0 saturated carbocycles. The summed E-state index contributed by atoms with van der Waals surface area (Å²) >= 11 is 11.0. The maximum Gasteiger partial charge on any atom is 0.133 e. The second kappa shape index (κ2) is 5.97. The Bertz CT molecular complexity index is 300. The number of rotatable bonds is 1. The molecule has 0 aliphatic carbocycles. The van der Waals surface area contributed by atoms with E-state index in [9.17, 15) is 4.39 Å². The molecule has 1 N–H and O–H groups in total. The second-order valence-corrected chi connectivity index (χ2v) is 2.92. The quantitative estimate of drug-likeness (QED) is 0.774. The SMILES string of the molecule is C=C(Cl)c1ccc(Cl)cc1F.CO. The molecule has 72 valence electrons. The third kappa shape index (κ3) is 3.77. The molecule has 1 aromatic rings. The van der Waals surface area contributed by atoms with E-state index in [4.69, 9.17) is 28.3 Å². The molecule has 0 aliphatic heterocycles. The van der Waals surface area contributed by atoms with Gasteiger partial charge in [-0.25, -0.2) is 4.39 Å². The van der Waals surface area contributed by atoms with Gasteiger partial charge in [-0.05, 0) is 18.2 Å². The van der Waals surface area contributed by atoms with Crippen LogP contribution in [0, 0.1) is 5.82 Å².